The Morgan fingerprint density at radius 2 is 2.00 bits per heavy atom. The quantitative estimate of drug-likeness (QED) is 0.744. The molecule has 0 fully saturated rings. The predicted octanol–water partition coefficient (Wildman–Crippen LogP) is 1.52. The van der Waals surface area contributed by atoms with Gasteiger partial charge in [0.25, 0.3) is 0 Å². The second-order valence-corrected chi connectivity index (χ2v) is 4.39. The Morgan fingerprint density at radius 3 is 2.61 bits per heavy atom. The van der Waals surface area contributed by atoms with E-state index in [1.54, 1.807) is 11.8 Å². The summed E-state index contributed by atoms with van der Waals surface area (Å²) in [6.45, 7) is 4.07. The minimum atomic E-state index is -0.489. The van der Waals surface area contributed by atoms with E-state index in [-0.39, 0.29) is 11.9 Å². The van der Waals surface area contributed by atoms with Crippen molar-refractivity contribution in [3.05, 3.63) is 35.4 Å². The SMILES string of the molecule is CCOC(=O)[C@@H]1Cc2ccccc2CN1C(C)=O. The van der Waals surface area contributed by atoms with E-state index in [1.165, 1.54) is 6.92 Å². The molecule has 4 nitrogen and oxygen atoms in total. The van der Waals surface area contributed by atoms with Crippen LogP contribution in [0.25, 0.3) is 0 Å². The van der Waals surface area contributed by atoms with E-state index in [9.17, 15) is 9.59 Å². The molecule has 0 aliphatic carbocycles. The van der Waals surface area contributed by atoms with E-state index < -0.39 is 6.04 Å². The number of rotatable bonds is 2. The summed E-state index contributed by atoms with van der Waals surface area (Å²) in [6.07, 6.45) is 0.536. The van der Waals surface area contributed by atoms with Crippen LogP contribution in [0.5, 0.6) is 0 Å². The zero-order valence-electron chi connectivity index (χ0n) is 10.7. The molecule has 2 rings (SSSR count). The van der Waals surface area contributed by atoms with Gasteiger partial charge in [0.1, 0.15) is 6.04 Å². The highest BCUT2D eigenvalue weighted by atomic mass is 16.5. The Bertz CT molecular complexity index is 470. The van der Waals surface area contributed by atoms with E-state index in [0.717, 1.165) is 11.1 Å². The molecule has 18 heavy (non-hydrogen) atoms. The van der Waals surface area contributed by atoms with Crippen LogP contribution >= 0.6 is 0 Å². The fraction of sp³-hybridized carbons (Fsp3) is 0.429. The van der Waals surface area contributed by atoms with Gasteiger partial charge in [-0.25, -0.2) is 4.79 Å². The molecular formula is C14H17NO3. The van der Waals surface area contributed by atoms with Crippen LogP contribution in [0, 0.1) is 0 Å². The van der Waals surface area contributed by atoms with Crippen molar-refractivity contribution in [3.63, 3.8) is 0 Å². The van der Waals surface area contributed by atoms with Crippen LogP contribution in [-0.2, 0) is 27.3 Å². The van der Waals surface area contributed by atoms with Crippen molar-refractivity contribution >= 4 is 11.9 Å². The second-order valence-electron chi connectivity index (χ2n) is 4.39. The molecule has 1 aliphatic heterocycles. The first-order chi connectivity index (χ1) is 8.63. The minimum absolute atomic E-state index is 0.0949. The fourth-order valence-corrected chi connectivity index (χ4v) is 2.30. The first-order valence-electron chi connectivity index (χ1n) is 6.14. The van der Waals surface area contributed by atoms with Crippen molar-refractivity contribution in [2.75, 3.05) is 6.61 Å². The molecule has 1 amide bonds. The maximum absolute atomic E-state index is 11.9. The number of benzene rings is 1. The van der Waals surface area contributed by atoms with E-state index in [1.807, 2.05) is 24.3 Å². The van der Waals surface area contributed by atoms with Crippen molar-refractivity contribution in [2.24, 2.45) is 0 Å². The molecule has 0 N–H and O–H groups in total. The molecular weight excluding hydrogens is 230 g/mol. The molecule has 0 spiro atoms. The Labute approximate surface area is 107 Å². The maximum atomic E-state index is 11.9. The van der Waals surface area contributed by atoms with Crippen LogP contribution in [0.2, 0.25) is 0 Å². The van der Waals surface area contributed by atoms with Gasteiger partial charge in [0.05, 0.1) is 6.61 Å². The third kappa shape index (κ3) is 2.37. The number of hydrogen-bond donors (Lipinski definition) is 0. The fourth-order valence-electron chi connectivity index (χ4n) is 2.30. The smallest absolute Gasteiger partial charge is 0.329 e. The molecule has 1 heterocycles. The Morgan fingerprint density at radius 1 is 1.33 bits per heavy atom. The number of esters is 1. The first-order valence-corrected chi connectivity index (χ1v) is 6.14. The van der Waals surface area contributed by atoms with Gasteiger partial charge in [-0.3, -0.25) is 4.79 Å². The maximum Gasteiger partial charge on any atom is 0.329 e. The van der Waals surface area contributed by atoms with Crippen molar-refractivity contribution in [1.29, 1.82) is 0 Å². The van der Waals surface area contributed by atoms with Gasteiger partial charge in [0.2, 0.25) is 5.91 Å². The Balaban J connectivity index is 2.28. The lowest BCUT2D eigenvalue weighted by Crippen LogP contribution is -2.48. The molecule has 0 aromatic heterocycles. The number of hydrogen-bond acceptors (Lipinski definition) is 3. The van der Waals surface area contributed by atoms with Gasteiger partial charge >= 0.3 is 5.97 Å². The van der Waals surface area contributed by atoms with Crippen LogP contribution in [0.1, 0.15) is 25.0 Å². The van der Waals surface area contributed by atoms with Crippen LogP contribution in [0.15, 0.2) is 24.3 Å². The molecule has 1 atom stereocenters. The number of amides is 1. The largest absolute Gasteiger partial charge is 0.464 e. The van der Waals surface area contributed by atoms with E-state index >= 15 is 0 Å². The first kappa shape index (κ1) is 12.6. The van der Waals surface area contributed by atoms with Gasteiger partial charge in [-0.05, 0) is 18.1 Å². The van der Waals surface area contributed by atoms with E-state index in [2.05, 4.69) is 0 Å². The molecule has 0 unspecified atom stereocenters. The zero-order chi connectivity index (χ0) is 13.1. The zero-order valence-corrected chi connectivity index (χ0v) is 10.7. The number of fused-ring (bicyclic) bond motifs is 1. The average Bonchev–Trinajstić information content (AvgIpc) is 2.37. The molecule has 0 saturated carbocycles. The lowest BCUT2D eigenvalue weighted by molar-refractivity contribution is -0.155. The number of carbonyl (C=O) groups is 2. The molecule has 0 bridgehead atoms. The lowest BCUT2D eigenvalue weighted by atomic mass is 9.94. The van der Waals surface area contributed by atoms with Crippen LogP contribution < -0.4 is 0 Å². The van der Waals surface area contributed by atoms with Crippen LogP contribution in [-0.4, -0.2) is 29.4 Å². The third-order valence-corrected chi connectivity index (χ3v) is 3.21. The summed E-state index contributed by atoms with van der Waals surface area (Å²) in [6, 6.07) is 7.40. The molecule has 1 aliphatic rings. The van der Waals surface area contributed by atoms with Gasteiger partial charge in [-0.2, -0.15) is 0 Å². The summed E-state index contributed by atoms with van der Waals surface area (Å²) in [4.78, 5) is 25.1. The number of ether oxygens (including phenoxy) is 1. The second kappa shape index (κ2) is 5.21. The number of carbonyl (C=O) groups excluding carboxylic acids is 2. The van der Waals surface area contributed by atoms with E-state index in [0.29, 0.717) is 19.6 Å². The van der Waals surface area contributed by atoms with Gasteiger partial charge in [-0.1, -0.05) is 24.3 Å². The highest BCUT2D eigenvalue weighted by Gasteiger charge is 2.33. The standard InChI is InChI=1S/C14H17NO3/c1-3-18-14(17)13-8-11-6-4-5-7-12(11)9-15(13)10(2)16/h4-7,13H,3,8-9H2,1-2H3/t13-/m0/s1. The van der Waals surface area contributed by atoms with Crippen LogP contribution in [0.4, 0.5) is 0 Å². The Kier molecular flexibility index (Phi) is 3.65. The van der Waals surface area contributed by atoms with Crippen molar-refractivity contribution in [2.45, 2.75) is 32.9 Å². The molecule has 4 heteroatoms. The summed E-state index contributed by atoms with van der Waals surface area (Å²) in [5.74, 6) is -0.412. The molecule has 0 saturated heterocycles. The highest BCUT2D eigenvalue weighted by molar-refractivity contribution is 5.84. The summed E-state index contributed by atoms with van der Waals surface area (Å²) in [5, 5.41) is 0. The van der Waals surface area contributed by atoms with Gasteiger partial charge in [0.15, 0.2) is 0 Å². The van der Waals surface area contributed by atoms with Crippen molar-refractivity contribution < 1.29 is 14.3 Å². The summed E-state index contributed by atoms with van der Waals surface area (Å²) in [5.41, 5.74) is 2.22. The summed E-state index contributed by atoms with van der Waals surface area (Å²) >= 11 is 0. The average molecular weight is 247 g/mol. The van der Waals surface area contributed by atoms with Crippen molar-refractivity contribution in [3.8, 4) is 0 Å². The minimum Gasteiger partial charge on any atom is -0.464 e. The van der Waals surface area contributed by atoms with Gasteiger partial charge < -0.3 is 9.64 Å². The molecule has 0 radical (unpaired) electrons. The molecule has 1 aromatic rings. The molecule has 1 aromatic carbocycles. The Hall–Kier alpha value is -1.84. The number of nitrogens with zero attached hydrogens (tertiary/aromatic N) is 1. The predicted molar refractivity (Wildman–Crippen MR) is 66.8 cm³/mol. The summed E-state index contributed by atoms with van der Waals surface area (Å²) < 4.78 is 5.04. The van der Waals surface area contributed by atoms with Crippen LogP contribution in [0.3, 0.4) is 0 Å². The van der Waals surface area contributed by atoms with E-state index in [4.69, 9.17) is 4.74 Å². The topological polar surface area (TPSA) is 46.6 Å². The molecule has 96 valence electrons. The van der Waals surface area contributed by atoms with Gasteiger partial charge in [-0.15, -0.1) is 0 Å². The third-order valence-electron chi connectivity index (χ3n) is 3.21. The normalized spacial score (nSPS) is 18.1. The van der Waals surface area contributed by atoms with Crippen molar-refractivity contribution in [1.82, 2.24) is 4.90 Å². The van der Waals surface area contributed by atoms with Gasteiger partial charge in [0, 0.05) is 19.9 Å². The summed E-state index contributed by atoms with van der Waals surface area (Å²) in [7, 11) is 0. The lowest BCUT2D eigenvalue weighted by Gasteiger charge is -2.34. The monoisotopic (exact) mass is 247 g/mol. The highest BCUT2D eigenvalue weighted by Crippen LogP contribution is 2.24.